The topological polar surface area (TPSA) is 128 Å². The molecule has 3 atom stereocenters. The maximum Gasteiger partial charge on any atom is 0.408 e. The van der Waals surface area contributed by atoms with Crippen molar-refractivity contribution >= 4 is 23.6 Å². The lowest BCUT2D eigenvalue weighted by Crippen LogP contribution is -2.60. The fraction of sp³-hybridized carbons (Fsp3) is 0.583. The van der Waals surface area contributed by atoms with Crippen molar-refractivity contribution < 1.29 is 32.7 Å². The number of halogens is 2. The van der Waals surface area contributed by atoms with E-state index in [2.05, 4.69) is 10.6 Å². The van der Waals surface area contributed by atoms with Crippen LogP contribution in [0.1, 0.15) is 53.5 Å². The molecule has 10 heteroatoms. The van der Waals surface area contributed by atoms with Crippen LogP contribution in [0.5, 0.6) is 0 Å². The summed E-state index contributed by atoms with van der Waals surface area (Å²) in [5.74, 6) is -9.87. The Balaban J connectivity index is 2.92. The molecule has 0 aliphatic rings. The van der Waals surface area contributed by atoms with Gasteiger partial charge in [0.1, 0.15) is 11.6 Å². The van der Waals surface area contributed by atoms with E-state index >= 15 is 8.78 Å². The van der Waals surface area contributed by atoms with Gasteiger partial charge in [0, 0.05) is 6.54 Å². The monoisotopic (exact) mass is 483 g/mol. The number of hydrogen-bond donors (Lipinski definition) is 3. The van der Waals surface area contributed by atoms with Gasteiger partial charge < -0.3 is 21.1 Å². The Morgan fingerprint density at radius 2 is 1.59 bits per heavy atom. The molecule has 0 fully saturated rings. The van der Waals surface area contributed by atoms with Gasteiger partial charge in [0.25, 0.3) is 0 Å². The highest BCUT2D eigenvalue weighted by atomic mass is 19.3. The molecule has 34 heavy (non-hydrogen) atoms. The Morgan fingerprint density at radius 1 is 1.03 bits per heavy atom. The summed E-state index contributed by atoms with van der Waals surface area (Å²) >= 11 is 0. The number of alkyl carbamates (subject to hydrolysis) is 1. The van der Waals surface area contributed by atoms with Crippen LogP contribution in [-0.4, -0.2) is 47.2 Å². The molecule has 0 saturated carbocycles. The van der Waals surface area contributed by atoms with E-state index in [1.807, 2.05) is 0 Å². The maximum atomic E-state index is 15.0. The minimum absolute atomic E-state index is 0.0954. The predicted octanol–water partition coefficient (Wildman–Crippen LogP) is 2.98. The zero-order valence-corrected chi connectivity index (χ0v) is 20.5. The van der Waals surface area contributed by atoms with Crippen molar-refractivity contribution in [2.24, 2.45) is 17.6 Å². The number of Topliss-reactive ketones (excluding diaryl/α,β-unsaturated/α-hetero) is 2. The number of ether oxygens (including phenoxy) is 1. The van der Waals surface area contributed by atoms with Crippen molar-refractivity contribution in [3.63, 3.8) is 0 Å². The van der Waals surface area contributed by atoms with Gasteiger partial charge in [-0.2, -0.15) is 8.78 Å². The third kappa shape index (κ3) is 8.81. The number of nitrogens with two attached hydrogens (primary N) is 1. The molecule has 0 aliphatic carbocycles. The highest BCUT2D eigenvalue weighted by Gasteiger charge is 2.53. The molecular weight excluding hydrogens is 448 g/mol. The van der Waals surface area contributed by atoms with Gasteiger partial charge in [0.2, 0.25) is 11.7 Å². The van der Waals surface area contributed by atoms with Crippen LogP contribution < -0.4 is 16.4 Å². The number of ketones is 2. The molecule has 190 valence electrons. The van der Waals surface area contributed by atoms with Crippen LogP contribution in [0.3, 0.4) is 0 Å². The molecular formula is C24H35F2N3O5. The van der Waals surface area contributed by atoms with Crippen molar-refractivity contribution in [1.29, 1.82) is 0 Å². The van der Waals surface area contributed by atoms with Gasteiger partial charge in [-0.1, -0.05) is 44.2 Å². The van der Waals surface area contributed by atoms with Gasteiger partial charge in [0.05, 0.1) is 12.0 Å². The SMILES string of the molecule is CC(C)CC(NC(=O)OC(C)(C)C)C(=O)C(F)(F)C(N)C(=O)C(C)C(=O)NCc1ccccc1. The molecule has 0 saturated heterocycles. The maximum absolute atomic E-state index is 15.0. The first-order valence-electron chi connectivity index (χ1n) is 11.1. The minimum Gasteiger partial charge on any atom is -0.444 e. The lowest BCUT2D eigenvalue weighted by Gasteiger charge is -2.29. The molecule has 8 nitrogen and oxygen atoms in total. The Bertz CT molecular complexity index is 869. The molecule has 0 aromatic heterocycles. The van der Waals surface area contributed by atoms with E-state index in [-0.39, 0.29) is 18.9 Å². The summed E-state index contributed by atoms with van der Waals surface area (Å²) in [7, 11) is 0. The quantitative estimate of drug-likeness (QED) is 0.415. The normalized spacial score (nSPS) is 14.6. The molecule has 0 aliphatic heterocycles. The molecule has 0 heterocycles. The van der Waals surface area contributed by atoms with E-state index in [0.717, 1.165) is 12.5 Å². The second-order valence-electron chi connectivity index (χ2n) is 9.62. The third-order valence-corrected chi connectivity index (χ3v) is 4.87. The number of rotatable bonds is 11. The number of carbonyl (C=O) groups excluding carboxylic acids is 4. The summed E-state index contributed by atoms with van der Waals surface area (Å²) in [6.45, 7) is 9.35. The van der Waals surface area contributed by atoms with Crippen molar-refractivity contribution in [2.75, 3.05) is 0 Å². The molecule has 1 aromatic carbocycles. The van der Waals surface area contributed by atoms with Crippen LogP contribution in [0.4, 0.5) is 13.6 Å². The average Bonchev–Trinajstić information content (AvgIpc) is 2.73. The fourth-order valence-electron chi connectivity index (χ4n) is 3.05. The van der Waals surface area contributed by atoms with Crippen LogP contribution in [-0.2, 0) is 25.7 Å². The standard InChI is InChI=1S/C24H35F2N3O5/c1-14(2)12-17(29-22(33)34-23(4,5)6)20(31)24(25,26)19(27)18(30)15(3)21(32)28-13-16-10-8-7-9-11-16/h7-11,14-15,17,19H,12-13,27H2,1-6H3,(H,28,32)(H,29,33). The zero-order chi connectivity index (χ0) is 26.3. The number of amides is 2. The van der Waals surface area contributed by atoms with Gasteiger partial charge in [-0.15, -0.1) is 0 Å². The lowest BCUT2D eigenvalue weighted by atomic mass is 9.89. The summed E-state index contributed by atoms with van der Waals surface area (Å²) in [4.78, 5) is 49.7. The lowest BCUT2D eigenvalue weighted by molar-refractivity contribution is -0.155. The highest BCUT2D eigenvalue weighted by molar-refractivity contribution is 6.07. The van der Waals surface area contributed by atoms with E-state index in [1.165, 1.54) is 0 Å². The molecule has 1 rings (SSSR count). The molecule has 2 amide bonds. The van der Waals surface area contributed by atoms with Gasteiger partial charge in [-0.05, 0) is 45.6 Å². The van der Waals surface area contributed by atoms with E-state index in [9.17, 15) is 19.2 Å². The van der Waals surface area contributed by atoms with Crippen LogP contribution >= 0.6 is 0 Å². The van der Waals surface area contributed by atoms with Crippen molar-refractivity contribution in [3.8, 4) is 0 Å². The van der Waals surface area contributed by atoms with Gasteiger partial charge in [-0.25, -0.2) is 4.79 Å². The number of benzene rings is 1. The summed E-state index contributed by atoms with van der Waals surface area (Å²) in [5, 5.41) is 4.65. The van der Waals surface area contributed by atoms with Crippen LogP contribution in [0.15, 0.2) is 30.3 Å². The Kier molecular flexibility index (Phi) is 10.3. The second-order valence-corrected chi connectivity index (χ2v) is 9.62. The van der Waals surface area contributed by atoms with Crippen LogP contribution in [0.2, 0.25) is 0 Å². The van der Waals surface area contributed by atoms with E-state index in [0.29, 0.717) is 0 Å². The Morgan fingerprint density at radius 3 is 2.09 bits per heavy atom. The number of nitrogens with one attached hydrogen (secondary N) is 2. The first kappa shape index (κ1) is 29.2. The molecule has 0 bridgehead atoms. The summed E-state index contributed by atoms with van der Waals surface area (Å²) in [6, 6.07) is 4.61. The Hall–Kier alpha value is -2.88. The number of carbonyl (C=O) groups is 4. The average molecular weight is 484 g/mol. The zero-order valence-electron chi connectivity index (χ0n) is 20.5. The van der Waals surface area contributed by atoms with Gasteiger partial charge >= 0.3 is 12.0 Å². The molecule has 0 radical (unpaired) electrons. The molecule has 3 unspecified atom stereocenters. The molecule has 0 spiro atoms. The Labute approximate surface area is 199 Å². The van der Waals surface area contributed by atoms with Crippen molar-refractivity contribution in [1.82, 2.24) is 10.6 Å². The van der Waals surface area contributed by atoms with Gasteiger partial charge in [0.15, 0.2) is 5.78 Å². The van der Waals surface area contributed by atoms with Crippen LogP contribution in [0.25, 0.3) is 0 Å². The van der Waals surface area contributed by atoms with Gasteiger partial charge in [-0.3, -0.25) is 14.4 Å². The van der Waals surface area contributed by atoms with E-state index in [4.69, 9.17) is 10.5 Å². The second kappa shape index (κ2) is 12.0. The largest absolute Gasteiger partial charge is 0.444 e. The van der Waals surface area contributed by atoms with Crippen LogP contribution in [0, 0.1) is 11.8 Å². The number of alkyl halides is 2. The fourth-order valence-corrected chi connectivity index (χ4v) is 3.05. The van der Waals surface area contributed by atoms with E-state index < -0.39 is 53.1 Å². The minimum atomic E-state index is -4.32. The predicted molar refractivity (Wildman–Crippen MR) is 123 cm³/mol. The van der Waals surface area contributed by atoms with E-state index in [1.54, 1.807) is 65.0 Å². The summed E-state index contributed by atoms with van der Waals surface area (Å²) in [5.41, 5.74) is 5.34. The highest BCUT2D eigenvalue weighted by Crippen LogP contribution is 2.25. The van der Waals surface area contributed by atoms with Crippen molar-refractivity contribution in [3.05, 3.63) is 35.9 Å². The summed E-state index contributed by atoms with van der Waals surface area (Å²) in [6.07, 6.45) is -1.17. The third-order valence-electron chi connectivity index (χ3n) is 4.87. The number of hydrogen-bond acceptors (Lipinski definition) is 6. The first-order chi connectivity index (χ1) is 15.6. The first-order valence-corrected chi connectivity index (χ1v) is 11.1. The smallest absolute Gasteiger partial charge is 0.408 e. The molecule has 1 aromatic rings. The molecule has 4 N–H and O–H groups in total. The summed E-state index contributed by atoms with van der Waals surface area (Å²) < 4.78 is 35.1. The van der Waals surface area contributed by atoms with Crippen molar-refractivity contribution in [2.45, 2.75) is 78.1 Å².